The summed E-state index contributed by atoms with van der Waals surface area (Å²) < 4.78 is 7.46. The molecule has 0 atom stereocenters. The molecule has 0 unspecified atom stereocenters. The number of Topliss-reactive ketones (excluding diaryl/α,β-unsaturated/α-hetero) is 1. The molecule has 0 fully saturated rings. The van der Waals surface area contributed by atoms with Gasteiger partial charge in [0.2, 0.25) is 5.78 Å². The number of allylic oxidation sites excluding steroid dienone is 1. The Bertz CT molecular complexity index is 716. The van der Waals surface area contributed by atoms with Gasteiger partial charge in [-0.1, -0.05) is 0 Å². The lowest BCUT2D eigenvalue weighted by molar-refractivity contribution is 0.104. The molecule has 0 radical (unpaired) electrons. The lowest BCUT2D eigenvalue weighted by Gasteiger charge is -2.05. The molecule has 1 aromatic heterocycles. The normalized spacial score (nSPS) is 13.9. The van der Waals surface area contributed by atoms with E-state index in [9.17, 15) is 4.79 Å². The number of nitrogens with zero attached hydrogens (tertiary/aromatic N) is 2. The number of carbonyl (C=O) groups excluding carboxylic acids is 1. The van der Waals surface area contributed by atoms with Crippen LogP contribution in [0.1, 0.15) is 21.5 Å². The van der Waals surface area contributed by atoms with Crippen LogP contribution in [-0.4, -0.2) is 22.7 Å². The topological polar surface area (TPSA) is 44.1 Å². The van der Waals surface area contributed by atoms with E-state index in [0.29, 0.717) is 15.8 Å². The Morgan fingerprint density at radius 2 is 2.11 bits per heavy atom. The van der Waals surface area contributed by atoms with Crippen LogP contribution in [0.5, 0.6) is 5.75 Å². The van der Waals surface area contributed by atoms with Crippen LogP contribution in [0.25, 0.3) is 5.57 Å². The maximum atomic E-state index is 12.3. The van der Waals surface area contributed by atoms with E-state index in [1.54, 1.807) is 24.1 Å². The van der Waals surface area contributed by atoms with Crippen LogP contribution in [-0.2, 0) is 7.05 Å². The Kier molecular flexibility index (Phi) is 2.78. The summed E-state index contributed by atoms with van der Waals surface area (Å²) in [6, 6.07) is 5.53. The van der Waals surface area contributed by atoms with Gasteiger partial charge in [0.25, 0.3) is 0 Å². The molecule has 1 aromatic carbocycles. The van der Waals surface area contributed by atoms with Crippen molar-refractivity contribution in [1.82, 2.24) is 9.78 Å². The second-order valence-corrected chi connectivity index (χ2v) is 5.13. The van der Waals surface area contributed by atoms with Gasteiger partial charge >= 0.3 is 0 Å². The fourth-order valence-electron chi connectivity index (χ4n) is 2.24. The molecule has 0 spiro atoms. The highest BCUT2D eigenvalue weighted by molar-refractivity contribution is 9.12. The average Bonchev–Trinajstić information content (AvgIpc) is 2.93. The molecule has 0 amide bonds. The number of rotatable bonds is 2. The number of ether oxygens (including phenoxy) is 1. The van der Waals surface area contributed by atoms with Gasteiger partial charge in [0.1, 0.15) is 5.75 Å². The molecule has 1 heterocycles. The number of methoxy groups -OCH3 is 1. The third-order valence-electron chi connectivity index (χ3n) is 3.15. The highest BCUT2D eigenvalue weighted by Crippen LogP contribution is 2.41. The number of benzene rings is 1. The van der Waals surface area contributed by atoms with Gasteiger partial charge in [0, 0.05) is 29.9 Å². The number of aryl methyl sites for hydroxylation is 1. The zero-order valence-electron chi connectivity index (χ0n) is 10.5. The molecule has 0 saturated carbocycles. The molecule has 0 aliphatic heterocycles. The highest BCUT2D eigenvalue weighted by atomic mass is 79.9. The minimum Gasteiger partial charge on any atom is -0.497 e. The van der Waals surface area contributed by atoms with Gasteiger partial charge in [0.15, 0.2) is 0 Å². The minimum atomic E-state index is -0.0206. The molecule has 19 heavy (non-hydrogen) atoms. The Morgan fingerprint density at radius 1 is 1.32 bits per heavy atom. The lowest BCUT2D eigenvalue weighted by atomic mass is 10.0. The van der Waals surface area contributed by atoms with E-state index in [1.165, 1.54) is 0 Å². The number of ketones is 1. The van der Waals surface area contributed by atoms with Crippen LogP contribution in [0.15, 0.2) is 35.1 Å². The van der Waals surface area contributed by atoms with Crippen LogP contribution in [0.2, 0.25) is 0 Å². The first-order chi connectivity index (χ1) is 9.11. The Balaban J connectivity index is 2.20. The van der Waals surface area contributed by atoms with Gasteiger partial charge < -0.3 is 4.74 Å². The third kappa shape index (κ3) is 1.81. The summed E-state index contributed by atoms with van der Waals surface area (Å²) in [4.78, 5) is 12.3. The van der Waals surface area contributed by atoms with Crippen molar-refractivity contribution in [3.05, 3.63) is 51.8 Å². The Morgan fingerprint density at radius 3 is 2.74 bits per heavy atom. The van der Waals surface area contributed by atoms with Gasteiger partial charge in [-0.2, -0.15) is 5.10 Å². The van der Waals surface area contributed by atoms with Crippen LogP contribution in [0, 0.1) is 0 Å². The number of fused-ring (bicyclic) bond motifs is 1. The Labute approximate surface area is 118 Å². The Hall–Kier alpha value is -1.88. The van der Waals surface area contributed by atoms with Crippen LogP contribution >= 0.6 is 15.9 Å². The fourth-order valence-corrected chi connectivity index (χ4v) is 2.89. The van der Waals surface area contributed by atoms with E-state index < -0.39 is 0 Å². The maximum absolute atomic E-state index is 12.3. The van der Waals surface area contributed by atoms with Crippen molar-refractivity contribution in [1.29, 1.82) is 0 Å². The van der Waals surface area contributed by atoms with Gasteiger partial charge in [-0.15, -0.1) is 0 Å². The summed E-state index contributed by atoms with van der Waals surface area (Å²) in [6.07, 6.45) is 3.65. The molecule has 1 aliphatic carbocycles. The van der Waals surface area contributed by atoms with Crippen LogP contribution in [0.4, 0.5) is 0 Å². The summed E-state index contributed by atoms with van der Waals surface area (Å²) in [5.74, 6) is 0.660. The van der Waals surface area contributed by atoms with E-state index in [-0.39, 0.29) is 5.78 Å². The van der Waals surface area contributed by atoms with Crippen molar-refractivity contribution < 1.29 is 9.53 Å². The van der Waals surface area contributed by atoms with Crippen molar-refractivity contribution in [3.8, 4) is 5.75 Å². The molecule has 3 rings (SSSR count). The largest absolute Gasteiger partial charge is 0.497 e. The van der Waals surface area contributed by atoms with Gasteiger partial charge in [0.05, 0.1) is 17.8 Å². The van der Waals surface area contributed by atoms with Crippen LogP contribution in [0.3, 0.4) is 0 Å². The summed E-state index contributed by atoms with van der Waals surface area (Å²) in [6.45, 7) is 0. The van der Waals surface area contributed by atoms with Crippen molar-refractivity contribution in [2.75, 3.05) is 7.11 Å². The number of aromatic nitrogens is 2. The first-order valence-corrected chi connectivity index (χ1v) is 6.53. The molecule has 96 valence electrons. The number of carbonyl (C=O) groups is 1. The first-order valence-electron chi connectivity index (χ1n) is 5.73. The predicted octanol–water partition coefficient (Wildman–Crippen LogP) is 2.78. The standard InChI is InChI=1S/C14H11BrN2O2/c1-17-7-8(6-16-17)12-10-4-3-9(19-2)5-11(10)14(18)13(12)15/h3-7H,1-2H3. The molecular formula is C14H11BrN2O2. The van der Waals surface area contributed by atoms with Crippen molar-refractivity contribution in [2.45, 2.75) is 0 Å². The van der Waals surface area contributed by atoms with E-state index in [2.05, 4.69) is 21.0 Å². The molecule has 5 heteroatoms. The number of hydrogen-bond acceptors (Lipinski definition) is 3. The third-order valence-corrected chi connectivity index (χ3v) is 3.91. The molecule has 2 aromatic rings. The minimum absolute atomic E-state index is 0.0206. The molecule has 4 nitrogen and oxygen atoms in total. The van der Waals surface area contributed by atoms with E-state index in [1.807, 2.05) is 25.4 Å². The SMILES string of the molecule is COc1ccc2c(c1)C(=O)C(Br)=C2c1cnn(C)c1. The second kappa shape index (κ2) is 4.35. The van der Waals surface area contributed by atoms with Crippen molar-refractivity contribution >= 4 is 27.3 Å². The summed E-state index contributed by atoms with van der Waals surface area (Å²) in [5, 5.41) is 4.15. The molecule has 0 N–H and O–H groups in total. The maximum Gasteiger partial charge on any atom is 0.201 e. The smallest absolute Gasteiger partial charge is 0.201 e. The van der Waals surface area contributed by atoms with E-state index in [4.69, 9.17) is 4.74 Å². The van der Waals surface area contributed by atoms with E-state index >= 15 is 0 Å². The molecule has 0 saturated heterocycles. The zero-order valence-corrected chi connectivity index (χ0v) is 12.1. The average molecular weight is 319 g/mol. The fraction of sp³-hybridized carbons (Fsp3) is 0.143. The number of halogens is 1. The number of hydrogen-bond donors (Lipinski definition) is 0. The van der Waals surface area contributed by atoms with Crippen molar-refractivity contribution in [2.24, 2.45) is 7.05 Å². The molecule has 0 bridgehead atoms. The summed E-state index contributed by atoms with van der Waals surface area (Å²) in [5.41, 5.74) is 3.37. The zero-order chi connectivity index (χ0) is 13.6. The highest BCUT2D eigenvalue weighted by Gasteiger charge is 2.29. The monoisotopic (exact) mass is 318 g/mol. The predicted molar refractivity (Wildman–Crippen MR) is 75.5 cm³/mol. The molecular weight excluding hydrogens is 308 g/mol. The summed E-state index contributed by atoms with van der Waals surface area (Å²) in [7, 11) is 3.44. The summed E-state index contributed by atoms with van der Waals surface area (Å²) >= 11 is 3.40. The van der Waals surface area contributed by atoms with E-state index in [0.717, 1.165) is 16.7 Å². The van der Waals surface area contributed by atoms with Gasteiger partial charge in [-0.25, -0.2) is 0 Å². The van der Waals surface area contributed by atoms with Crippen LogP contribution < -0.4 is 4.74 Å². The molecule has 1 aliphatic rings. The van der Waals surface area contributed by atoms with Gasteiger partial charge in [-0.3, -0.25) is 9.48 Å². The second-order valence-electron chi connectivity index (χ2n) is 4.33. The van der Waals surface area contributed by atoms with Crippen molar-refractivity contribution in [3.63, 3.8) is 0 Å². The lowest BCUT2D eigenvalue weighted by Crippen LogP contribution is -1.95. The first kappa shape index (κ1) is 12.2. The van der Waals surface area contributed by atoms with Gasteiger partial charge in [-0.05, 0) is 39.7 Å². The quantitative estimate of drug-likeness (QED) is 0.855.